The average Bonchev–Trinajstić information content (AvgIpc) is 3.28. The minimum atomic E-state index is -0.470. The molecule has 0 atom stereocenters. The second-order valence-corrected chi connectivity index (χ2v) is 7.22. The number of anilines is 1. The molecule has 1 N–H and O–H groups in total. The summed E-state index contributed by atoms with van der Waals surface area (Å²) in [6, 6.07) is 20.1. The van der Waals surface area contributed by atoms with Crippen LogP contribution in [0.4, 0.5) is 5.69 Å². The van der Waals surface area contributed by atoms with Crippen molar-refractivity contribution in [1.29, 1.82) is 0 Å². The molecule has 0 aliphatic heterocycles. The Morgan fingerprint density at radius 2 is 1.79 bits per heavy atom. The van der Waals surface area contributed by atoms with Crippen molar-refractivity contribution in [2.75, 3.05) is 11.9 Å². The van der Waals surface area contributed by atoms with E-state index in [0.29, 0.717) is 16.8 Å². The molecule has 1 amide bonds. The Balaban J connectivity index is 1.76. The van der Waals surface area contributed by atoms with Gasteiger partial charge < -0.3 is 10.1 Å². The highest BCUT2D eigenvalue weighted by Crippen LogP contribution is 2.28. The van der Waals surface area contributed by atoms with E-state index in [1.54, 1.807) is 48.6 Å². The number of hydrogen-bond acceptors (Lipinski definition) is 5. The van der Waals surface area contributed by atoms with E-state index < -0.39 is 5.97 Å². The first-order valence-corrected chi connectivity index (χ1v) is 10.1. The Labute approximate surface area is 172 Å². The predicted octanol–water partition coefficient (Wildman–Crippen LogP) is 5.39. The maximum absolute atomic E-state index is 13.2. The van der Waals surface area contributed by atoms with Gasteiger partial charge in [-0.3, -0.25) is 4.79 Å². The van der Waals surface area contributed by atoms with Gasteiger partial charge in [0.2, 0.25) is 0 Å². The molecule has 0 saturated heterocycles. The van der Waals surface area contributed by atoms with Crippen molar-refractivity contribution >= 4 is 39.8 Å². The minimum absolute atomic E-state index is 0.264. The summed E-state index contributed by atoms with van der Waals surface area (Å²) in [6.45, 7) is 2.01. The van der Waals surface area contributed by atoms with Crippen LogP contribution in [0.1, 0.15) is 27.6 Å². The van der Waals surface area contributed by atoms with Gasteiger partial charge in [0.1, 0.15) is 0 Å². The summed E-state index contributed by atoms with van der Waals surface area (Å²) in [5, 5.41) is 5.59. The number of hydrogen-bond donors (Lipinski definition) is 1. The average molecular weight is 402 g/mol. The normalized spacial score (nSPS) is 10.7. The third-order valence-corrected chi connectivity index (χ3v) is 5.30. The number of aromatic nitrogens is 1. The number of amides is 1. The van der Waals surface area contributed by atoms with Crippen molar-refractivity contribution in [2.45, 2.75) is 6.92 Å². The van der Waals surface area contributed by atoms with Crippen LogP contribution in [0.2, 0.25) is 0 Å². The third kappa shape index (κ3) is 3.88. The van der Waals surface area contributed by atoms with E-state index in [1.807, 2.05) is 41.8 Å². The van der Waals surface area contributed by atoms with Crippen molar-refractivity contribution in [1.82, 2.24) is 4.98 Å². The third-order valence-electron chi connectivity index (χ3n) is 4.41. The second-order valence-electron chi connectivity index (χ2n) is 6.27. The van der Waals surface area contributed by atoms with E-state index >= 15 is 0 Å². The zero-order chi connectivity index (χ0) is 20.2. The zero-order valence-electron chi connectivity index (χ0n) is 15.7. The lowest BCUT2D eigenvalue weighted by atomic mass is 10.1. The Hall–Kier alpha value is -3.51. The molecule has 0 saturated carbocycles. The van der Waals surface area contributed by atoms with Gasteiger partial charge in [-0.05, 0) is 42.6 Å². The Kier molecular flexibility index (Phi) is 5.35. The SMILES string of the molecule is CCOC(=O)c1ccccc1NC(=O)c1cc(-c2cccs2)nc2ccccc12. The number of thiophene rings is 1. The molecular formula is C23H18N2O3S. The van der Waals surface area contributed by atoms with Gasteiger partial charge in [0.25, 0.3) is 5.91 Å². The number of rotatable bonds is 5. The van der Waals surface area contributed by atoms with Crippen LogP contribution < -0.4 is 5.32 Å². The molecule has 6 heteroatoms. The quantitative estimate of drug-likeness (QED) is 0.454. The molecule has 2 aromatic heterocycles. The Bertz CT molecular complexity index is 1190. The monoisotopic (exact) mass is 402 g/mol. The molecule has 0 aliphatic carbocycles. The van der Waals surface area contributed by atoms with Crippen LogP contribution in [0, 0.1) is 0 Å². The van der Waals surface area contributed by atoms with Gasteiger partial charge in [-0.1, -0.05) is 36.4 Å². The van der Waals surface area contributed by atoms with Crippen molar-refractivity contribution < 1.29 is 14.3 Å². The van der Waals surface area contributed by atoms with Gasteiger partial charge in [0.05, 0.1) is 39.5 Å². The smallest absolute Gasteiger partial charge is 0.340 e. The number of nitrogens with zero attached hydrogens (tertiary/aromatic N) is 1. The lowest BCUT2D eigenvalue weighted by Crippen LogP contribution is -2.16. The van der Waals surface area contributed by atoms with Crippen molar-refractivity contribution in [3.8, 4) is 10.6 Å². The second kappa shape index (κ2) is 8.24. The highest BCUT2D eigenvalue weighted by molar-refractivity contribution is 7.13. The largest absolute Gasteiger partial charge is 0.462 e. The number of nitrogens with one attached hydrogen (secondary N) is 1. The number of esters is 1. The fourth-order valence-electron chi connectivity index (χ4n) is 3.08. The molecule has 144 valence electrons. The van der Waals surface area contributed by atoms with E-state index in [0.717, 1.165) is 21.5 Å². The summed E-state index contributed by atoms with van der Waals surface area (Å²) < 4.78 is 5.10. The van der Waals surface area contributed by atoms with Crippen molar-refractivity contribution in [3.05, 3.63) is 83.2 Å². The Morgan fingerprint density at radius 3 is 2.59 bits per heavy atom. The molecule has 4 rings (SSSR count). The molecule has 0 bridgehead atoms. The summed E-state index contributed by atoms with van der Waals surface area (Å²) in [6.07, 6.45) is 0. The number of benzene rings is 2. The number of ether oxygens (including phenoxy) is 1. The van der Waals surface area contributed by atoms with Crippen LogP contribution >= 0.6 is 11.3 Å². The predicted molar refractivity (Wildman–Crippen MR) is 115 cm³/mol. The van der Waals surface area contributed by atoms with E-state index in [1.165, 1.54) is 0 Å². The van der Waals surface area contributed by atoms with Crippen LogP contribution in [0.3, 0.4) is 0 Å². The Morgan fingerprint density at radius 1 is 1.00 bits per heavy atom. The van der Waals surface area contributed by atoms with E-state index in [4.69, 9.17) is 9.72 Å². The van der Waals surface area contributed by atoms with Gasteiger partial charge in [-0.15, -0.1) is 11.3 Å². The zero-order valence-corrected chi connectivity index (χ0v) is 16.5. The van der Waals surface area contributed by atoms with Gasteiger partial charge in [-0.25, -0.2) is 9.78 Å². The highest BCUT2D eigenvalue weighted by atomic mass is 32.1. The van der Waals surface area contributed by atoms with Gasteiger partial charge >= 0.3 is 5.97 Å². The first-order chi connectivity index (χ1) is 14.2. The molecule has 2 aromatic carbocycles. The molecule has 0 fully saturated rings. The maximum Gasteiger partial charge on any atom is 0.340 e. The molecule has 29 heavy (non-hydrogen) atoms. The van der Waals surface area contributed by atoms with Crippen molar-refractivity contribution in [2.24, 2.45) is 0 Å². The molecule has 0 spiro atoms. The highest BCUT2D eigenvalue weighted by Gasteiger charge is 2.18. The lowest BCUT2D eigenvalue weighted by molar-refractivity contribution is 0.0527. The standard InChI is InChI=1S/C23H18N2O3S/c1-2-28-23(27)16-9-4-6-11-19(16)25-22(26)17-14-20(21-12-7-13-29-21)24-18-10-5-3-8-15(17)18/h3-14H,2H2,1H3,(H,25,26). The molecule has 4 aromatic rings. The van der Waals surface area contributed by atoms with Crippen LogP contribution in [0.5, 0.6) is 0 Å². The lowest BCUT2D eigenvalue weighted by Gasteiger charge is -2.12. The fourth-order valence-corrected chi connectivity index (χ4v) is 3.77. The molecule has 0 radical (unpaired) electrons. The van der Waals surface area contributed by atoms with Crippen LogP contribution in [0.25, 0.3) is 21.5 Å². The van der Waals surface area contributed by atoms with Gasteiger partial charge in [0.15, 0.2) is 0 Å². The topological polar surface area (TPSA) is 68.3 Å². The number of pyridine rings is 1. The fraction of sp³-hybridized carbons (Fsp3) is 0.0870. The molecule has 0 aliphatic rings. The van der Waals surface area contributed by atoms with E-state index in [9.17, 15) is 9.59 Å². The number of fused-ring (bicyclic) bond motifs is 1. The summed E-state index contributed by atoms with van der Waals surface area (Å²) in [4.78, 5) is 31.1. The molecular weight excluding hydrogens is 384 g/mol. The van der Waals surface area contributed by atoms with Gasteiger partial charge in [0, 0.05) is 5.39 Å². The van der Waals surface area contributed by atoms with Crippen molar-refractivity contribution in [3.63, 3.8) is 0 Å². The number of carbonyl (C=O) groups excluding carboxylic acids is 2. The van der Waals surface area contributed by atoms with Crippen LogP contribution in [-0.2, 0) is 4.74 Å². The summed E-state index contributed by atoms with van der Waals surface area (Å²) in [7, 11) is 0. The van der Waals surface area contributed by atoms with Gasteiger partial charge in [-0.2, -0.15) is 0 Å². The first kappa shape index (κ1) is 18.8. The van der Waals surface area contributed by atoms with Crippen LogP contribution in [-0.4, -0.2) is 23.5 Å². The van der Waals surface area contributed by atoms with Crippen LogP contribution in [0.15, 0.2) is 72.1 Å². The maximum atomic E-state index is 13.2. The number of para-hydroxylation sites is 2. The first-order valence-electron chi connectivity index (χ1n) is 9.18. The van der Waals surface area contributed by atoms with E-state index in [-0.39, 0.29) is 12.5 Å². The summed E-state index contributed by atoms with van der Waals surface area (Å²) in [5.41, 5.74) is 2.71. The molecule has 2 heterocycles. The minimum Gasteiger partial charge on any atom is -0.462 e. The van der Waals surface area contributed by atoms with E-state index in [2.05, 4.69) is 5.32 Å². The summed E-state index contributed by atoms with van der Waals surface area (Å²) >= 11 is 1.57. The number of carbonyl (C=O) groups is 2. The molecule has 5 nitrogen and oxygen atoms in total. The summed E-state index contributed by atoms with van der Waals surface area (Å²) in [5.74, 6) is -0.777. The molecule has 0 unspecified atom stereocenters.